The Labute approximate surface area is 368 Å². The van der Waals surface area contributed by atoms with E-state index in [4.69, 9.17) is 0 Å². The molecular weight excluding hydrogens is 777 g/mol. The van der Waals surface area contributed by atoms with Crippen molar-refractivity contribution in [2.24, 2.45) is 0 Å². The Morgan fingerprint density at radius 3 is 1.00 bits per heavy atom. The lowest BCUT2D eigenvalue weighted by Gasteiger charge is -2.15. The van der Waals surface area contributed by atoms with E-state index in [0.29, 0.717) is 0 Å². The molecule has 0 spiro atoms. The number of nitrogens with zero attached hydrogens (tertiary/aromatic N) is 4. The van der Waals surface area contributed by atoms with Crippen LogP contribution in [0, 0.1) is 0 Å². The van der Waals surface area contributed by atoms with Crippen LogP contribution < -0.4 is 0 Å². The van der Waals surface area contributed by atoms with E-state index < -0.39 is 0 Å². The predicted octanol–water partition coefficient (Wildman–Crippen LogP) is 15.7. The first-order valence-electron chi connectivity index (χ1n) is 22.0. The first-order valence-corrected chi connectivity index (χ1v) is 22.0. The van der Waals surface area contributed by atoms with Crippen molar-refractivity contribution < 1.29 is 0 Å². The van der Waals surface area contributed by atoms with E-state index in [1.165, 1.54) is 87.3 Å². The quantitative estimate of drug-likeness (QED) is 0.165. The Hall–Kier alpha value is -8.60. The molecule has 298 valence electrons. The van der Waals surface area contributed by atoms with E-state index in [2.05, 4.69) is 249 Å². The molecular formula is C60H38N4. The molecule has 4 aromatic heterocycles. The van der Waals surface area contributed by atoms with Gasteiger partial charge in [-0.2, -0.15) is 0 Å². The second kappa shape index (κ2) is 13.4. The number of hydrogen-bond acceptors (Lipinski definition) is 0. The lowest BCUT2D eigenvalue weighted by molar-refractivity contribution is 1.13. The minimum Gasteiger partial charge on any atom is -0.309 e. The van der Waals surface area contributed by atoms with E-state index in [1.807, 2.05) is 0 Å². The summed E-state index contributed by atoms with van der Waals surface area (Å²) in [5, 5.41) is 9.94. The largest absolute Gasteiger partial charge is 0.309 e. The SMILES string of the molecule is c1cc(-c2cccc(-n3c4ccc(-n5c6ccccc6c6ccccc65)cc4c4cccc(-n5c6ccccc6c6ccccc65)c43)c2)cc(-n2c3ccccc3c3ccccc32)c1. The van der Waals surface area contributed by atoms with Crippen LogP contribution in [0.2, 0.25) is 0 Å². The molecule has 64 heavy (non-hydrogen) atoms. The standard InChI is InChI=1S/C60H38N4/c1-7-27-52-44(20-1)45-21-2-8-28-53(45)61(52)41-18-13-16-39(36-41)40-17-14-19-42(37-40)63-58-35-34-43(62-54-29-9-3-22-46(54)47-23-4-10-30-55(47)62)38-51(58)50-26-15-33-59(60(50)63)64-56-31-11-5-24-48(56)49-25-6-12-32-57(49)64/h1-38H. The van der Waals surface area contributed by atoms with Gasteiger partial charge in [-0.3, -0.25) is 0 Å². The summed E-state index contributed by atoms with van der Waals surface area (Å²) in [4.78, 5) is 0. The average Bonchev–Trinajstić information content (AvgIpc) is 4.09. The molecule has 4 nitrogen and oxygen atoms in total. The fourth-order valence-corrected chi connectivity index (χ4v) is 10.9. The van der Waals surface area contributed by atoms with Gasteiger partial charge in [-0.05, 0) is 96.1 Å². The molecule has 0 bridgehead atoms. The third-order valence-electron chi connectivity index (χ3n) is 13.5. The molecule has 0 saturated heterocycles. The normalized spacial score (nSPS) is 12.1. The summed E-state index contributed by atoms with van der Waals surface area (Å²) >= 11 is 0. The van der Waals surface area contributed by atoms with Gasteiger partial charge in [-0.15, -0.1) is 0 Å². The van der Waals surface area contributed by atoms with Crippen LogP contribution in [0.1, 0.15) is 0 Å². The second-order valence-corrected chi connectivity index (χ2v) is 16.9. The van der Waals surface area contributed by atoms with Gasteiger partial charge < -0.3 is 18.3 Å². The zero-order valence-electron chi connectivity index (χ0n) is 34.7. The molecule has 10 aromatic carbocycles. The monoisotopic (exact) mass is 814 g/mol. The summed E-state index contributed by atoms with van der Waals surface area (Å²) in [6, 6.07) is 84.6. The number of rotatable bonds is 5. The van der Waals surface area contributed by atoms with Crippen molar-refractivity contribution in [3.05, 3.63) is 231 Å². The summed E-state index contributed by atoms with van der Waals surface area (Å²) < 4.78 is 9.79. The topological polar surface area (TPSA) is 19.7 Å². The molecule has 0 N–H and O–H groups in total. The van der Waals surface area contributed by atoms with E-state index in [-0.39, 0.29) is 0 Å². The number of fused-ring (bicyclic) bond motifs is 12. The summed E-state index contributed by atoms with van der Waals surface area (Å²) in [7, 11) is 0. The second-order valence-electron chi connectivity index (χ2n) is 16.9. The van der Waals surface area contributed by atoms with Gasteiger partial charge in [0.2, 0.25) is 0 Å². The zero-order chi connectivity index (χ0) is 41.9. The lowest BCUT2D eigenvalue weighted by Crippen LogP contribution is -2.01. The summed E-state index contributed by atoms with van der Waals surface area (Å²) in [6.07, 6.45) is 0. The minimum atomic E-state index is 1.11. The fourth-order valence-electron chi connectivity index (χ4n) is 10.9. The molecule has 4 heteroatoms. The first kappa shape index (κ1) is 35.0. The van der Waals surface area contributed by atoms with Gasteiger partial charge in [0.1, 0.15) is 0 Å². The molecule has 0 unspecified atom stereocenters. The highest BCUT2D eigenvalue weighted by molar-refractivity contribution is 6.16. The van der Waals surface area contributed by atoms with Crippen molar-refractivity contribution in [1.82, 2.24) is 18.3 Å². The van der Waals surface area contributed by atoms with Gasteiger partial charge in [0.05, 0.1) is 49.8 Å². The first-order chi connectivity index (χ1) is 31.8. The van der Waals surface area contributed by atoms with E-state index in [9.17, 15) is 0 Å². The number of hydrogen-bond donors (Lipinski definition) is 0. The van der Waals surface area contributed by atoms with Gasteiger partial charge in [0.15, 0.2) is 0 Å². The summed E-state index contributed by atoms with van der Waals surface area (Å²) in [5.41, 5.74) is 16.4. The number of benzene rings is 10. The Balaban J connectivity index is 1.03. The van der Waals surface area contributed by atoms with E-state index in [1.54, 1.807) is 0 Å². The van der Waals surface area contributed by atoms with Crippen LogP contribution in [-0.2, 0) is 0 Å². The van der Waals surface area contributed by atoms with Gasteiger partial charge in [-0.25, -0.2) is 0 Å². The number of para-hydroxylation sites is 7. The van der Waals surface area contributed by atoms with Crippen LogP contribution in [0.15, 0.2) is 231 Å². The highest BCUT2D eigenvalue weighted by Gasteiger charge is 2.22. The molecule has 14 rings (SSSR count). The summed E-state index contributed by atoms with van der Waals surface area (Å²) in [6.45, 7) is 0. The van der Waals surface area contributed by atoms with Crippen LogP contribution >= 0.6 is 0 Å². The maximum atomic E-state index is 2.50. The Kier molecular flexibility index (Phi) is 7.36. The molecule has 0 amide bonds. The van der Waals surface area contributed by atoms with Crippen molar-refractivity contribution in [2.75, 3.05) is 0 Å². The molecule has 0 aliphatic carbocycles. The number of aromatic nitrogens is 4. The van der Waals surface area contributed by atoms with Crippen molar-refractivity contribution in [1.29, 1.82) is 0 Å². The smallest absolute Gasteiger partial charge is 0.0782 e. The van der Waals surface area contributed by atoms with Crippen LogP contribution in [-0.4, -0.2) is 18.3 Å². The maximum absolute atomic E-state index is 2.50. The van der Waals surface area contributed by atoms with Gasteiger partial charge in [-0.1, -0.05) is 146 Å². The van der Waals surface area contributed by atoms with E-state index in [0.717, 1.165) is 33.8 Å². The van der Waals surface area contributed by atoms with Crippen molar-refractivity contribution >= 4 is 87.2 Å². The molecule has 0 atom stereocenters. The molecule has 0 aliphatic heterocycles. The van der Waals surface area contributed by atoms with Crippen molar-refractivity contribution in [3.8, 4) is 33.9 Å². The third-order valence-corrected chi connectivity index (χ3v) is 13.5. The molecule has 0 radical (unpaired) electrons. The van der Waals surface area contributed by atoms with Crippen molar-refractivity contribution in [3.63, 3.8) is 0 Å². The highest BCUT2D eigenvalue weighted by atomic mass is 15.1. The van der Waals surface area contributed by atoms with Crippen LogP contribution in [0.25, 0.3) is 121 Å². The van der Waals surface area contributed by atoms with Crippen LogP contribution in [0.4, 0.5) is 0 Å². The van der Waals surface area contributed by atoms with E-state index >= 15 is 0 Å². The summed E-state index contributed by atoms with van der Waals surface area (Å²) in [5.74, 6) is 0. The van der Waals surface area contributed by atoms with Crippen molar-refractivity contribution in [2.45, 2.75) is 0 Å². The van der Waals surface area contributed by atoms with Gasteiger partial charge in [0, 0.05) is 60.2 Å². The lowest BCUT2D eigenvalue weighted by atomic mass is 10.0. The third kappa shape index (κ3) is 4.93. The maximum Gasteiger partial charge on any atom is 0.0782 e. The molecule has 4 heterocycles. The fraction of sp³-hybridized carbons (Fsp3) is 0. The van der Waals surface area contributed by atoms with Gasteiger partial charge >= 0.3 is 0 Å². The zero-order valence-corrected chi connectivity index (χ0v) is 34.7. The molecule has 0 aliphatic rings. The highest BCUT2D eigenvalue weighted by Crippen LogP contribution is 2.42. The Morgan fingerprint density at radius 1 is 0.203 bits per heavy atom. The molecule has 0 fully saturated rings. The Morgan fingerprint density at radius 2 is 0.547 bits per heavy atom. The van der Waals surface area contributed by atoms with Crippen LogP contribution in [0.5, 0.6) is 0 Å². The van der Waals surface area contributed by atoms with Crippen LogP contribution in [0.3, 0.4) is 0 Å². The molecule has 14 aromatic rings. The average molecular weight is 815 g/mol. The Bertz CT molecular complexity index is 4050. The predicted molar refractivity (Wildman–Crippen MR) is 269 cm³/mol. The minimum absolute atomic E-state index is 1.11. The van der Waals surface area contributed by atoms with Gasteiger partial charge in [0.25, 0.3) is 0 Å². The molecule has 0 saturated carbocycles.